The number of carbonyl (C=O) groups excluding carboxylic acids is 2. The zero-order valence-corrected chi connectivity index (χ0v) is 19.0. The fraction of sp³-hybridized carbons (Fsp3) is 0.704. The minimum absolute atomic E-state index is 0.0645. The van der Waals surface area contributed by atoms with Crippen LogP contribution in [0.3, 0.4) is 0 Å². The molecule has 5 nitrogen and oxygen atoms in total. The van der Waals surface area contributed by atoms with Crippen molar-refractivity contribution in [2.24, 2.45) is 29.6 Å². The van der Waals surface area contributed by atoms with Crippen molar-refractivity contribution in [1.29, 1.82) is 0 Å². The number of hydrogen-bond donors (Lipinski definition) is 1. The van der Waals surface area contributed by atoms with E-state index in [2.05, 4.69) is 5.32 Å². The van der Waals surface area contributed by atoms with Gasteiger partial charge in [-0.25, -0.2) is 0 Å². The number of nitrogens with one attached hydrogen (secondary N) is 1. The van der Waals surface area contributed by atoms with Gasteiger partial charge >= 0.3 is 0 Å². The summed E-state index contributed by atoms with van der Waals surface area (Å²) < 4.78 is 6.16. The number of ether oxygens (including phenoxy) is 1. The highest BCUT2D eigenvalue weighted by Crippen LogP contribution is 2.53. The van der Waals surface area contributed by atoms with E-state index in [1.54, 1.807) is 0 Å². The lowest BCUT2D eigenvalue weighted by Gasteiger charge is -2.32. The molecule has 4 aliphatic carbocycles. The first kappa shape index (κ1) is 20.6. The van der Waals surface area contributed by atoms with Crippen LogP contribution in [0.25, 0.3) is 0 Å². The molecule has 1 aromatic carbocycles. The van der Waals surface area contributed by atoms with Gasteiger partial charge in [0.2, 0.25) is 5.91 Å². The summed E-state index contributed by atoms with van der Waals surface area (Å²) in [5.74, 6) is 4.88. The molecule has 1 aliphatic heterocycles. The molecule has 1 N–H and O–H groups in total. The second-order valence-electron chi connectivity index (χ2n) is 11.2. The molecule has 1 saturated heterocycles. The van der Waals surface area contributed by atoms with Crippen LogP contribution in [0.4, 0.5) is 0 Å². The fourth-order valence-electron chi connectivity index (χ4n) is 7.18. The van der Waals surface area contributed by atoms with E-state index >= 15 is 0 Å². The van der Waals surface area contributed by atoms with Crippen LogP contribution in [-0.4, -0.2) is 41.9 Å². The third-order valence-corrected chi connectivity index (χ3v) is 8.97. The van der Waals surface area contributed by atoms with Gasteiger partial charge in [-0.15, -0.1) is 0 Å². The number of fused-ring (bicyclic) bond motifs is 2. The summed E-state index contributed by atoms with van der Waals surface area (Å²) in [5.41, 5.74) is 0.728. The predicted molar refractivity (Wildman–Crippen MR) is 122 cm³/mol. The molecule has 1 heterocycles. The number of nitrogens with zero attached hydrogens (tertiary/aromatic N) is 1. The van der Waals surface area contributed by atoms with Gasteiger partial charge in [-0.05, 0) is 99.3 Å². The van der Waals surface area contributed by atoms with Crippen LogP contribution in [0.15, 0.2) is 24.3 Å². The topological polar surface area (TPSA) is 58.6 Å². The van der Waals surface area contributed by atoms with E-state index in [0.29, 0.717) is 23.8 Å². The molecule has 0 radical (unpaired) electrons. The number of amides is 2. The molecular formula is C27H36N2O3. The third-order valence-electron chi connectivity index (χ3n) is 8.97. The first-order chi connectivity index (χ1) is 15.6. The minimum Gasteiger partial charge on any atom is -0.490 e. The van der Waals surface area contributed by atoms with Gasteiger partial charge in [-0.3, -0.25) is 9.59 Å². The van der Waals surface area contributed by atoms with Gasteiger partial charge in [0.1, 0.15) is 11.9 Å². The zero-order valence-electron chi connectivity index (χ0n) is 19.0. The Morgan fingerprint density at radius 1 is 0.844 bits per heavy atom. The van der Waals surface area contributed by atoms with Gasteiger partial charge < -0.3 is 15.0 Å². The van der Waals surface area contributed by atoms with Gasteiger partial charge in [-0.2, -0.15) is 0 Å². The van der Waals surface area contributed by atoms with Crippen LogP contribution in [0.1, 0.15) is 74.6 Å². The van der Waals surface area contributed by atoms with Crippen molar-refractivity contribution < 1.29 is 14.3 Å². The average molecular weight is 437 g/mol. The maximum absolute atomic E-state index is 13.0. The van der Waals surface area contributed by atoms with E-state index in [-0.39, 0.29) is 12.0 Å². The van der Waals surface area contributed by atoms with E-state index in [4.69, 9.17) is 4.74 Å². The standard InChI is InChI=1S/C27H36N2O3/c30-26(28-25-8-1-17-13-18-15-21(14-17)24(25)16-18)19-4-6-22(7-5-19)32-23-9-11-29(12-10-23)27(31)20-2-3-20/h4-7,17-18,20-21,23-25H,1-3,8-16H2,(H,28,30). The highest BCUT2D eigenvalue weighted by atomic mass is 16.5. The van der Waals surface area contributed by atoms with Crippen molar-refractivity contribution in [2.45, 2.75) is 76.4 Å². The van der Waals surface area contributed by atoms with Crippen LogP contribution in [0.5, 0.6) is 5.75 Å². The second kappa shape index (κ2) is 8.39. The summed E-state index contributed by atoms with van der Waals surface area (Å²) in [5, 5.41) is 3.40. The van der Waals surface area contributed by atoms with Crippen LogP contribution in [-0.2, 0) is 4.79 Å². The number of rotatable bonds is 5. The monoisotopic (exact) mass is 436 g/mol. The van der Waals surface area contributed by atoms with Crippen LogP contribution < -0.4 is 10.1 Å². The van der Waals surface area contributed by atoms with Gasteiger partial charge in [0.15, 0.2) is 0 Å². The van der Waals surface area contributed by atoms with E-state index in [0.717, 1.165) is 74.3 Å². The molecule has 0 aromatic heterocycles. The van der Waals surface area contributed by atoms with Crippen molar-refractivity contribution >= 4 is 11.8 Å². The summed E-state index contributed by atoms with van der Waals surface area (Å²) in [6.45, 7) is 1.59. The molecule has 2 amide bonds. The molecule has 5 unspecified atom stereocenters. The second-order valence-corrected chi connectivity index (χ2v) is 11.2. The molecule has 32 heavy (non-hydrogen) atoms. The lowest BCUT2D eigenvalue weighted by Crippen LogP contribution is -2.42. The van der Waals surface area contributed by atoms with Crippen molar-refractivity contribution in [3.05, 3.63) is 29.8 Å². The zero-order chi connectivity index (χ0) is 21.7. The molecule has 4 saturated carbocycles. The molecule has 5 aliphatic rings. The van der Waals surface area contributed by atoms with E-state index in [1.165, 1.54) is 32.1 Å². The molecule has 1 aromatic rings. The summed E-state index contributed by atoms with van der Waals surface area (Å²) in [6, 6.07) is 8.00. The van der Waals surface area contributed by atoms with Gasteiger partial charge in [0.05, 0.1) is 0 Å². The van der Waals surface area contributed by atoms with Crippen molar-refractivity contribution in [2.75, 3.05) is 13.1 Å². The van der Waals surface area contributed by atoms with Crippen LogP contribution >= 0.6 is 0 Å². The number of hydrogen-bond acceptors (Lipinski definition) is 3. The molecule has 0 spiro atoms. The summed E-state index contributed by atoms with van der Waals surface area (Å²) >= 11 is 0. The number of carbonyl (C=O) groups is 2. The minimum atomic E-state index is 0.0645. The summed E-state index contributed by atoms with van der Waals surface area (Å²) in [4.78, 5) is 27.2. The number of likely N-dealkylation sites (tertiary alicyclic amines) is 1. The quantitative estimate of drug-likeness (QED) is 0.744. The van der Waals surface area contributed by atoms with Crippen molar-refractivity contribution in [3.8, 4) is 5.75 Å². The Bertz CT molecular complexity index is 856. The molecular weight excluding hydrogens is 400 g/mol. The maximum Gasteiger partial charge on any atom is 0.251 e. The molecule has 3 bridgehead atoms. The maximum atomic E-state index is 13.0. The predicted octanol–water partition coefficient (Wildman–Crippen LogP) is 4.41. The first-order valence-electron chi connectivity index (χ1n) is 13.0. The van der Waals surface area contributed by atoms with E-state index in [1.807, 2.05) is 29.2 Å². The van der Waals surface area contributed by atoms with E-state index in [9.17, 15) is 9.59 Å². The fourth-order valence-corrected chi connectivity index (χ4v) is 7.18. The highest BCUT2D eigenvalue weighted by Gasteiger charge is 2.46. The average Bonchev–Trinajstić information content (AvgIpc) is 3.62. The van der Waals surface area contributed by atoms with Crippen molar-refractivity contribution in [3.63, 3.8) is 0 Å². The summed E-state index contributed by atoms with van der Waals surface area (Å²) in [7, 11) is 0. The number of piperidine rings is 1. The third kappa shape index (κ3) is 4.15. The molecule has 5 heteroatoms. The lowest BCUT2D eigenvalue weighted by atomic mass is 9.80. The largest absolute Gasteiger partial charge is 0.490 e. The highest BCUT2D eigenvalue weighted by molar-refractivity contribution is 5.94. The Morgan fingerprint density at radius 2 is 1.59 bits per heavy atom. The molecule has 172 valence electrons. The Balaban J connectivity index is 1.02. The van der Waals surface area contributed by atoms with E-state index < -0.39 is 0 Å². The van der Waals surface area contributed by atoms with Gasteiger partial charge in [-0.1, -0.05) is 0 Å². The Hall–Kier alpha value is -2.04. The molecule has 6 rings (SSSR count). The van der Waals surface area contributed by atoms with Gasteiger partial charge in [0, 0.05) is 43.5 Å². The van der Waals surface area contributed by atoms with Crippen LogP contribution in [0.2, 0.25) is 0 Å². The lowest BCUT2D eigenvalue weighted by molar-refractivity contribution is -0.134. The summed E-state index contributed by atoms with van der Waals surface area (Å²) in [6.07, 6.45) is 12.0. The van der Waals surface area contributed by atoms with Gasteiger partial charge in [0.25, 0.3) is 5.91 Å². The number of benzene rings is 1. The van der Waals surface area contributed by atoms with Crippen LogP contribution in [0, 0.1) is 29.6 Å². The SMILES string of the molecule is O=C(NC1CCC2CC3CC(C2)C1C3)c1ccc(OC2CCN(C(=O)C3CC3)CC2)cc1. The van der Waals surface area contributed by atoms with Crippen molar-refractivity contribution in [1.82, 2.24) is 10.2 Å². The Morgan fingerprint density at radius 3 is 2.34 bits per heavy atom. The molecule has 5 fully saturated rings. The Kier molecular flexibility index (Phi) is 5.39. The normalized spacial score (nSPS) is 34.2. The first-order valence-corrected chi connectivity index (χ1v) is 13.0. The molecule has 5 atom stereocenters. The Labute approximate surface area is 191 Å². The smallest absolute Gasteiger partial charge is 0.251 e.